The second kappa shape index (κ2) is 12.2. The lowest BCUT2D eigenvalue weighted by atomic mass is 10.0. The third-order valence-electron chi connectivity index (χ3n) is 5.89. The Balaban J connectivity index is 2.04. The van der Waals surface area contributed by atoms with E-state index < -0.39 is 28.5 Å². The molecule has 0 unspecified atom stereocenters. The number of sulfonamides is 1. The minimum Gasteiger partial charge on any atom is -0.357 e. The summed E-state index contributed by atoms with van der Waals surface area (Å²) in [6.45, 7) is 1.66. The van der Waals surface area contributed by atoms with Crippen LogP contribution in [0.5, 0.6) is 0 Å². The number of nitrogens with one attached hydrogen (secondary N) is 1. The predicted molar refractivity (Wildman–Crippen MR) is 146 cm³/mol. The molecular weight excluding hydrogens is 542 g/mol. The van der Waals surface area contributed by atoms with Gasteiger partial charge in [-0.25, -0.2) is 8.42 Å². The molecule has 0 radical (unpaired) electrons. The first-order chi connectivity index (χ1) is 17.1. The first-order valence-corrected chi connectivity index (χ1v) is 14.1. The largest absolute Gasteiger partial charge is 0.357 e. The SMILES string of the molecule is CNC(=O)[C@@H](Cc1ccccc1)N(Cc1ccccc1C)C(=O)CN(c1cccc(Br)c1)S(C)(=O)=O. The van der Waals surface area contributed by atoms with Crippen LogP contribution >= 0.6 is 15.9 Å². The van der Waals surface area contributed by atoms with Gasteiger partial charge in [0.25, 0.3) is 0 Å². The van der Waals surface area contributed by atoms with Crippen LogP contribution in [0.25, 0.3) is 0 Å². The van der Waals surface area contributed by atoms with Gasteiger partial charge in [0.1, 0.15) is 12.6 Å². The van der Waals surface area contributed by atoms with Gasteiger partial charge in [-0.15, -0.1) is 0 Å². The molecule has 0 aromatic heterocycles. The highest BCUT2D eigenvalue weighted by Gasteiger charge is 2.32. The number of carbonyl (C=O) groups is 2. The molecule has 0 bridgehead atoms. The smallest absolute Gasteiger partial charge is 0.244 e. The second-order valence-corrected chi connectivity index (χ2v) is 11.3. The molecule has 2 amide bonds. The van der Waals surface area contributed by atoms with E-state index >= 15 is 0 Å². The molecule has 0 fully saturated rings. The van der Waals surface area contributed by atoms with Gasteiger partial charge >= 0.3 is 0 Å². The first kappa shape index (κ1) is 27.4. The average molecular weight is 573 g/mol. The lowest BCUT2D eigenvalue weighted by Crippen LogP contribution is -2.53. The van der Waals surface area contributed by atoms with Gasteiger partial charge in [-0.2, -0.15) is 0 Å². The number of halogens is 1. The van der Waals surface area contributed by atoms with E-state index in [2.05, 4.69) is 21.2 Å². The van der Waals surface area contributed by atoms with E-state index in [-0.39, 0.29) is 18.9 Å². The Morgan fingerprint density at radius 3 is 2.25 bits per heavy atom. The number of rotatable bonds is 10. The Bertz CT molecular complexity index is 1320. The number of hydrogen-bond acceptors (Lipinski definition) is 4. The van der Waals surface area contributed by atoms with Crippen molar-refractivity contribution in [2.24, 2.45) is 0 Å². The molecule has 36 heavy (non-hydrogen) atoms. The Kier molecular flexibility index (Phi) is 9.28. The van der Waals surface area contributed by atoms with Gasteiger partial charge in [0, 0.05) is 24.5 Å². The lowest BCUT2D eigenvalue weighted by molar-refractivity contribution is -0.139. The predicted octanol–water partition coefficient (Wildman–Crippen LogP) is 3.91. The molecule has 190 valence electrons. The highest BCUT2D eigenvalue weighted by Crippen LogP contribution is 2.23. The number of aryl methyl sites for hydroxylation is 1. The maximum absolute atomic E-state index is 13.9. The number of hydrogen-bond donors (Lipinski definition) is 1. The van der Waals surface area contributed by atoms with Crippen molar-refractivity contribution in [3.05, 3.63) is 100 Å². The molecule has 7 nitrogen and oxygen atoms in total. The van der Waals surface area contributed by atoms with Crippen LogP contribution < -0.4 is 9.62 Å². The van der Waals surface area contributed by atoms with Crippen molar-refractivity contribution < 1.29 is 18.0 Å². The quantitative estimate of drug-likeness (QED) is 0.399. The molecule has 1 atom stereocenters. The Hall–Kier alpha value is -3.17. The summed E-state index contributed by atoms with van der Waals surface area (Å²) in [6, 6.07) is 23.0. The fraction of sp³-hybridized carbons (Fsp3) is 0.259. The van der Waals surface area contributed by atoms with E-state index in [9.17, 15) is 18.0 Å². The summed E-state index contributed by atoms with van der Waals surface area (Å²) in [4.78, 5) is 28.4. The Morgan fingerprint density at radius 2 is 1.64 bits per heavy atom. The lowest BCUT2D eigenvalue weighted by Gasteiger charge is -2.33. The molecular formula is C27H30BrN3O4S. The van der Waals surface area contributed by atoms with E-state index in [4.69, 9.17) is 0 Å². The van der Waals surface area contributed by atoms with Crippen molar-refractivity contribution in [1.29, 1.82) is 0 Å². The van der Waals surface area contributed by atoms with Crippen LogP contribution in [-0.2, 0) is 32.6 Å². The molecule has 3 aromatic rings. The summed E-state index contributed by atoms with van der Waals surface area (Å²) in [5.41, 5.74) is 3.09. The molecule has 9 heteroatoms. The van der Waals surface area contributed by atoms with Crippen LogP contribution in [0.4, 0.5) is 5.69 Å². The monoisotopic (exact) mass is 571 g/mol. The minimum atomic E-state index is -3.79. The number of benzene rings is 3. The fourth-order valence-electron chi connectivity index (χ4n) is 3.94. The molecule has 0 aliphatic carbocycles. The zero-order chi connectivity index (χ0) is 26.3. The van der Waals surface area contributed by atoms with E-state index in [0.29, 0.717) is 10.2 Å². The van der Waals surface area contributed by atoms with Crippen molar-refractivity contribution in [3.63, 3.8) is 0 Å². The molecule has 0 aliphatic heterocycles. The highest BCUT2D eigenvalue weighted by molar-refractivity contribution is 9.10. The van der Waals surface area contributed by atoms with Gasteiger partial charge in [-0.1, -0.05) is 76.6 Å². The zero-order valence-corrected chi connectivity index (χ0v) is 22.9. The third-order valence-corrected chi connectivity index (χ3v) is 7.53. The van der Waals surface area contributed by atoms with Crippen LogP contribution in [0.1, 0.15) is 16.7 Å². The maximum Gasteiger partial charge on any atom is 0.244 e. The average Bonchev–Trinajstić information content (AvgIpc) is 2.85. The normalized spacial score (nSPS) is 12.0. The second-order valence-electron chi connectivity index (χ2n) is 8.52. The van der Waals surface area contributed by atoms with Crippen molar-refractivity contribution in [2.75, 3.05) is 24.2 Å². The van der Waals surface area contributed by atoms with Crippen LogP contribution in [0.15, 0.2) is 83.3 Å². The molecule has 0 aliphatic rings. The number of amides is 2. The number of likely N-dealkylation sites (N-methyl/N-ethyl adjacent to an activating group) is 1. The van der Waals surface area contributed by atoms with E-state index in [1.807, 2.05) is 61.5 Å². The van der Waals surface area contributed by atoms with Crippen molar-refractivity contribution in [3.8, 4) is 0 Å². The van der Waals surface area contributed by atoms with Gasteiger partial charge in [-0.3, -0.25) is 13.9 Å². The van der Waals surface area contributed by atoms with E-state index in [0.717, 1.165) is 27.3 Å². The van der Waals surface area contributed by atoms with E-state index in [1.165, 1.54) is 11.9 Å². The molecule has 3 aromatic carbocycles. The summed E-state index contributed by atoms with van der Waals surface area (Å²) in [7, 11) is -2.26. The summed E-state index contributed by atoms with van der Waals surface area (Å²) < 4.78 is 27.2. The number of anilines is 1. The molecule has 0 saturated heterocycles. The van der Waals surface area contributed by atoms with Gasteiger partial charge in [0.2, 0.25) is 21.8 Å². The van der Waals surface area contributed by atoms with Crippen molar-refractivity contribution in [2.45, 2.75) is 25.9 Å². The number of nitrogens with zero attached hydrogens (tertiary/aromatic N) is 2. The standard InChI is InChI=1S/C27H30BrN3O4S/c1-20-10-7-8-13-22(20)18-30(25(27(33)29-2)16-21-11-5-4-6-12-21)26(32)19-31(36(3,34)35)24-15-9-14-23(28)17-24/h4-15,17,25H,16,18-19H2,1-3H3,(H,29,33)/t25-/m1/s1. The van der Waals surface area contributed by atoms with Gasteiger partial charge in [0.15, 0.2) is 0 Å². The third kappa shape index (κ3) is 7.18. The van der Waals surface area contributed by atoms with E-state index in [1.54, 1.807) is 24.3 Å². The fourth-order valence-corrected chi connectivity index (χ4v) is 5.17. The van der Waals surface area contributed by atoms with Crippen LogP contribution in [0.3, 0.4) is 0 Å². The highest BCUT2D eigenvalue weighted by atomic mass is 79.9. The maximum atomic E-state index is 13.9. The van der Waals surface area contributed by atoms with Crippen molar-refractivity contribution >= 4 is 43.5 Å². The topological polar surface area (TPSA) is 86.8 Å². The molecule has 0 spiro atoms. The van der Waals surface area contributed by atoms with Crippen molar-refractivity contribution in [1.82, 2.24) is 10.2 Å². The number of carbonyl (C=O) groups excluding carboxylic acids is 2. The Morgan fingerprint density at radius 1 is 0.972 bits per heavy atom. The minimum absolute atomic E-state index is 0.159. The molecule has 1 N–H and O–H groups in total. The summed E-state index contributed by atoms with van der Waals surface area (Å²) in [6.07, 6.45) is 1.35. The van der Waals surface area contributed by atoms with Gasteiger partial charge < -0.3 is 10.2 Å². The zero-order valence-electron chi connectivity index (χ0n) is 20.5. The molecule has 3 rings (SSSR count). The molecule has 0 saturated carbocycles. The van der Waals surface area contributed by atoms with Crippen LogP contribution in [0.2, 0.25) is 0 Å². The summed E-state index contributed by atoms with van der Waals surface area (Å²) >= 11 is 3.36. The summed E-state index contributed by atoms with van der Waals surface area (Å²) in [5, 5.41) is 2.67. The van der Waals surface area contributed by atoms with Gasteiger partial charge in [-0.05, 0) is 41.8 Å². The van der Waals surface area contributed by atoms with Crippen LogP contribution in [0, 0.1) is 6.92 Å². The Labute approximate surface area is 221 Å². The molecule has 0 heterocycles. The first-order valence-electron chi connectivity index (χ1n) is 11.4. The summed E-state index contributed by atoms with van der Waals surface area (Å²) in [5.74, 6) is -0.803. The van der Waals surface area contributed by atoms with Crippen LogP contribution in [-0.4, -0.2) is 51.0 Å². The van der Waals surface area contributed by atoms with Gasteiger partial charge in [0.05, 0.1) is 11.9 Å².